The van der Waals surface area contributed by atoms with Gasteiger partial charge < -0.3 is 19.8 Å². The first kappa shape index (κ1) is 18.2. The van der Waals surface area contributed by atoms with Crippen LogP contribution in [-0.4, -0.2) is 47.4 Å². The second kappa shape index (κ2) is 6.62. The van der Waals surface area contributed by atoms with Crippen molar-refractivity contribution in [1.82, 2.24) is 15.2 Å². The van der Waals surface area contributed by atoms with Gasteiger partial charge in [-0.1, -0.05) is 24.3 Å². The molecule has 0 spiro atoms. The van der Waals surface area contributed by atoms with Crippen molar-refractivity contribution in [2.75, 3.05) is 19.8 Å². The van der Waals surface area contributed by atoms with Crippen LogP contribution in [0, 0.1) is 0 Å². The van der Waals surface area contributed by atoms with Crippen LogP contribution in [0.3, 0.4) is 0 Å². The minimum absolute atomic E-state index is 0.317. The van der Waals surface area contributed by atoms with Crippen LogP contribution in [0.5, 0.6) is 11.5 Å². The van der Waals surface area contributed by atoms with Gasteiger partial charge in [0.1, 0.15) is 18.8 Å². The number of Topliss-reactive ketones (excluding diaryl/α,β-unsaturated/α-hetero) is 1. The highest BCUT2D eigenvalue weighted by Gasteiger charge is 2.49. The Labute approximate surface area is 171 Å². The van der Waals surface area contributed by atoms with Crippen molar-refractivity contribution < 1.29 is 23.9 Å². The van der Waals surface area contributed by atoms with Gasteiger partial charge in [-0.2, -0.15) is 0 Å². The van der Waals surface area contributed by atoms with E-state index >= 15 is 0 Å². The van der Waals surface area contributed by atoms with E-state index in [1.54, 1.807) is 31.3 Å². The molecule has 1 atom stereocenters. The van der Waals surface area contributed by atoms with E-state index in [1.165, 1.54) is 0 Å². The van der Waals surface area contributed by atoms with Gasteiger partial charge in [0.2, 0.25) is 0 Å². The third-order valence-corrected chi connectivity index (χ3v) is 5.59. The molecular formula is C22H19N3O5. The maximum absolute atomic E-state index is 13.2. The molecule has 1 fully saturated rings. The highest BCUT2D eigenvalue weighted by Crippen LogP contribution is 2.37. The summed E-state index contributed by atoms with van der Waals surface area (Å²) >= 11 is 0. The molecule has 2 aliphatic heterocycles. The number of benzene rings is 2. The first-order valence-corrected chi connectivity index (χ1v) is 9.61. The summed E-state index contributed by atoms with van der Waals surface area (Å²) in [6, 6.07) is 11.9. The number of ketones is 1. The van der Waals surface area contributed by atoms with Crippen LogP contribution < -0.4 is 14.8 Å². The fourth-order valence-corrected chi connectivity index (χ4v) is 3.92. The average Bonchev–Trinajstić information content (AvgIpc) is 3.28. The van der Waals surface area contributed by atoms with Crippen LogP contribution in [-0.2, 0) is 10.3 Å². The number of hydrogen-bond acceptors (Lipinski definition) is 5. The maximum atomic E-state index is 13.2. The second-order valence-corrected chi connectivity index (χ2v) is 7.48. The fraction of sp³-hybridized carbons (Fsp3) is 0.227. The van der Waals surface area contributed by atoms with Gasteiger partial charge >= 0.3 is 6.03 Å². The number of H-pyrrole nitrogens is 1. The minimum Gasteiger partial charge on any atom is -0.486 e. The van der Waals surface area contributed by atoms with E-state index in [2.05, 4.69) is 10.3 Å². The van der Waals surface area contributed by atoms with Crippen molar-refractivity contribution in [2.24, 2.45) is 0 Å². The van der Waals surface area contributed by atoms with Crippen molar-refractivity contribution >= 4 is 28.6 Å². The summed E-state index contributed by atoms with van der Waals surface area (Å²) in [5.74, 6) is 0.312. The normalized spacial score (nSPS) is 20.5. The molecule has 1 saturated heterocycles. The standard InChI is InChI=1S/C22H19N3O5/c1-22(13-6-7-18-19(10-13)30-9-8-29-18)20(27)25(21(28)24-22)12-17(26)15-11-23-16-5-3-2-4-14(15)16/h2-7,10-11,23H,8-9,12H2,1H3,(H,24,28)/t22-/m1/s1. The molecule has 152 valence electrons. The van der Waals surface area contributed by atoms with Crippen LogP contribution >= 0.6 is 0 Å². The molecule has 8 heteroatoms. The van der Waals surface area contributed by atoms with Gasteiger partial charge in [0.25, 0.3) is 5.91 Å². The molecule has 0 bridgehead atoms. The SMILES string of the molecule is C[C@]1(c2ccc3c(c2)OCCO3)NC(=O)N(CC(=O)c2c[nH]c3ccccc23)C1=O. The van der Waals surface area contributed by atoms with E-state index in [9.17, 15) is 14.4 Å². The van der Waals surface area contributed by atoms with Crippen molar-refractivity contribution in [3.05, 3.63) is 59.8 Å². The third-order valence-electron chi connectivity index (χ3n) is 5.59. The van der Waals surface area contributed by atoms with Gasteiger partial charge in [0.05, 0.1) is 6.54 Å². The summed E-state index contributed by atoms with van der Waals surface area (Å²) in [4.78, 5) is 42.7. The second-order valence-electron chi connectivity index (χ2n) is 7.48. The highest BCUT2D eigenvalue weighted by atomic mass is 16.6. The number of amides is 3. The van der Waals surface area contributed by atoms with Crippen molar-refractivity contribution in [3.8, 4) is 11.5 Å². The number of nitrogens with one attached hydrogen (secondary N) is 2. The Bertz CT molecular complexity index is 1200. The lowest BCUT2D eigenvalue weighted by molar-refractivity contribution is -0.130. The number of aromatic amines is 1. The Hall–Kier alpha value is -3.81. The van der Waals surface area contributed by atoms with Crippen LogP contribution in [0.25, 0.3) is 10.9 Å². The van der Waals surface area contributed by atoms with Crippen LogP contribution in [0.1, 0.15) is 22.8 Å². The molecule has 30 heavy (non-hydrogen) atoms. The number of rotatable bonds is 4. The summed E-state index contributed by atoms with van der Waals surface area (Å²) in [5.41, 5.74) is 0.526. The molecule has 0 radical (unpaired) electrons. The molecule has 5 rings (SSSR count). The molecule has 3 aromatic rings. The number of carbonyl (C=O) groups excluding carboxylic acids is 3. The number of aromatic nitrogens is 1. The van der Waals surface area contributed by atoms with Crippen LogP contribution in [0.4, 0.5) is 4.79 Å². The predicted octanol–water partition coefficient (Wildman–Crippen LogP) is 2.59. The molecule has 2 aliphatic rings. The lowest BCUT2D eigenvalue weighted by Gasteiger charge is -2.25. The summed E-state index contributed by atoms with van der Waals surface area (Å²) in [7, 11) is 0. The Balaban J connectivity index is 1.42. The molecular weight excluding hydrogens is 386 g/mol. The smallest absolute Gasteiger partial charge is 0.325 e. The number of para-hydroxylation sites is 1. The van der Waals surface area contributed by atoms with Gasteiger partial charge in [-0.3, -0.25) is 14.5 Å². The highest BCUT2D eigenvalue weighted by molar-refractivity contribution is 6.14. The zero-order chi connectivity index (χ0) is 20.9. The fourth-order valence-electron chi connectivity index (χ4n) is 3.92. The van der Waals surface area contributed by atoms with E-state index in [4.69, 9.17) is 9.47 Å². The van der Waals surface area contributed by atoms with E-state index in [0.717, 1.165) is 15.8 Å². The predicted molar refractivity (Wildman–Crippen MR) is 108 cm³/mol. The third kappa shape index (κ3) is 2.72. The van der Waals surface area contributed by atoms with Gasteiger partial charge in [-0.05, 0) is 30.7 Å². The van der Waals surface area contributed by atoms with E-state index in [1.807, 2.05) is 24.3 Å². The molecule has 0 saturated carbocycles. The zero-order valence-corrected chi connectivity index (χ0v) is 16.2. The quantitative estimate of drug-likeness (QED) is 0.513. The van der Waals surface area contributed by atoms with Gasteiger partial charge in [0, 0.05) is 22.7 Å². The summed E-state index contributed by atoms with van der Waals surface area (Å²) in [5, 5.41) is 3.48. The topological polar surface area (TPSA) is 101 Å². The number of fused-ring (bicyclic) bond motifs is 2. The first-order valence-electron chi connectivity index (χ1n) is 9.61. The molecule has 3 heterocycles. The number of hydrogen-bond donors (Lipinski definition) is 2. The number of carbonyl (C=O) groups is 3. The molecule has 2 N–H and O–H groups in total. The Morgan fingerprint density at radius 1 is 1.10 bits per heavy atom. The Kier molecular flexibility index (Phi) is 4.02. The van der Waals surface area contributed by atoms with Crippen LogP contribution in [0.15, 0.2) is 48.7 Å². The number of nitrogens with zero attached hydrogens (tertiary/aromatic N) is 1. The minimum atomic E-state index is -1.30. The molecule has 0 unspecified atom stereocenters. The number of imide groups is 1. The lowest BCUT2D eigenvalue weighted by Crippen LogP contribution is -2.41. The molecule has 8 nitrogen and oxygen atoms in total. The molecule has 2 aromatic carbocycles. The number of urea groups is 1. The maximum Gasteiger partial charge on any atom is 0.325 e. The Morgan fingerprint density at radius 3 is 2.70 bits per heavy atom. The average molecular weight is 405 g/mol. The summed E-state index contributed by atoms with van der Waals surface area (Å²) in [6.07, 6.45) is 1.60. The molecule has 1 aromatic heterocycles. The van der Waals surface area contributed by atoms with E-state index in [0.29, 0.717) is 35.8 Å². The summed E-state index contributed by atoms with van der Waals surface area (Å²) < 4.78 is 11.1. The summed E-state index contributed by atoms with van der Waals surface area (Å²) in [6.45, 7) is 2.16. The lowest BCUT2D eigenvalue weighted by atomic mass is 9.91. The monoisotopic (exact) mass is 405 g/mol. The Morgan fingerprint density at radius 2 is 1.87 bits per heavy atom. The largest absolute Gasteiger partial charge is 0.486 e. The van der Waals surface area contributed by atoms with E-state index < -0.39 is 17.5 Å². The zero-order valence-electron chi connectivity index (χ0n) is 16.2. The van der Waals surface area contributed by atoms with Crippen molar-refractivity contribution in [1.29, 1.82) is 0 Å². The number of ether oxygens (including phenoxy) is 2. The molecule has 0 aliphatic carbocycles. The molecule has 3 amide bonds. The van der Waals surface area contributed by atoms with E-state index in [-0.39, 0.29) is 12.3 Å². The van der Waals surface area contributed by atoms with Crippen LogP contribution in [0.2, 0.25) is 0 Å². The van der Waals surface area contributed by atoms with Crippen molar-refractivity contribution in [3.63, 3.8) is 0 Å². The first-order chi connectivity index (χ1) is 14.5. The van der Waals surface area contributed by atoms with Crippen molar-refractivity contribution in [2.45, 2.75) is 12.5 Å². The van der Waals surface area contributed by atoms with Gasteiger partial charge in [-0.25, -0.2) is 4.79 Å². The van der Waals surface area contributed by atoms with Gasteiger partial charge in [0.15, 0.2) is 17.3 Å². The van der Waals surface area contributed by atoms with Gasteiger partial charge in [-0.15, -0.1) is 0 Å².